The Bertz CT molecular complexity index is 372. The molecule has 17 heavy (non-hydrogen) atoms. The monoisotopic (exact) mass is 298 g/mol. The molecule has 2 atom stereocenters. The number of benzene rings is 1. The van der Waals surface area contributed by atoms with Crippen LogP contribution in [0.4, 0.5) is 0 Å². The molecule has 1 aliphatic heterocycles. The largest absolute Gasteiger partial charge is 0.392 e. The van der Waals surface area contributed by atoms with Crippen LogP contribution < -0.4 is 5.32 Å². The van der Waals surface area contributed by atoms with Crippen LogP contribution in [0, 0.1) is 0 Å². The molecule has 0 aliphatic carbocycles. The van der Waals surface area contributed by atoms with Gasteiger partial charge in [0.05, 0.1) is 6.10 Å². The number of nitrogens with one attached hydrogen (secondary N) is 1. The van der Waals surface area contributed by atoms with Crippen molar-refractivity contribution in [2.45, 2.75) is 18.6 Å². The van der Waals surface area contributed by atoms with E-state index in [9.17, 15) is 5.11 Å². The number of hydrogen-bond acceptors (Lipinski definition) is 3. The molecule has 1 heterocycles. The summed E-state index contributed by atoms with van der Waals surface area (Å²) in [5.74, 6) is 0. The number of nitrogens with zero attached hydrogens (tertiary/aromatic N) is 1. The van der Waals surface area contributed by atoms with Gasteiger partial charge in [-0.2, -0.15) is 0 Å². The van der Waals surface area contributed by atoms with E-state index >= 15 is 0 Å². The van der Waals surface area contributed by atoms with Gasteiger partial charge in [-0.1, -0.05) is 28.1 Å². The van der Waals surface area contributed by atoms with Gasteiger partial charge in [-0.05, 0) is 31.2 Å². The summed E-state index contributed by atoms with van der Waals surface area (Å²) in [4.78, 5) is 2.31. The first-order valence-corrected chi connectivity index (χ1v) is 6.81. The number of hydrogen-bond donors (Lipinski definition) is 2. The highest BCUT2D eigenvalue weighted by atomic mass is 79.9. The number of likely N-dealkylation sites (tertiary alicyclic amines) is 1. The molecule has 3 nitrogen and oxygen atoms in total. The average molecular weight is 299 g/mol. The topological polar surface area (TPSA) is 35.5 Å². The first-order chi connectivity index (χ1) is 8.19. The predicted molar refractivity (Wildman–Crippen MR) is 73.0 cm³/mol. The van der Waals surface area contributed by atoms with Crippen LogP contribution in [0.15, 0.2) is 28.7 Å². The zero-order valence-electron chi connectivity index (χ0n) is 10.1. The van der Waals surface area contributed by atoms with E-state index in [0.717, 1.165) is 30.5 Å². The van der Waals surface area contributed by atoms with Crippen molar-refractivity contribution in [1.82, 2.24) is 10.2 Å². The van der Waals surface area contributed by atoms with Crippen molar-refractivity contribution in [2.24, 2.45) is 0 Å². The number of rotatable bonds is 4. The SMILES string of the molecule is CN[C@@H](CN1CC[C@H](O)C1)c1cccc(Br)c1. The lowest BCUT2D eigenvalue weighted by Gasteiger charge is -2.23. The Morgan fingerprint density at radius 1 is 1.59 bits per heavy atom. The molecule has 0 amide bonds. The molecule has 0 bridgehead atoms. The molecule has 94 valence electrons. The first-order valence-electron chi connectivity index (χ1n) is 6.02. The van der Waals surface area contributed by atoms with Crippen LogP contribution in [-0.4, -0.2) is 42.8 Å². The fourth-order valence-corrected chi connectivity index (χ4v) is 2.74. The molecule has 0 radical (unpaired) electrons. The molecular weight excluding hydrogens is 280 g/mol. The second kappa shape index (κ2) is 5.96. The van der Waals surface area contributed by atoms with Crippen molar-refractivity contribution in [3.8, 4) is 0 Å². The summed E-state index contributed by atoms with van der Waals surface area (Å²) < 4.78 is 1.11. The van der Waals surface area contributed by atoms with Gasteiger partial charge in [0.2, 0.25) is 0 Å². The standard InChI is InChI=1S/C13H19BrN2O/c1-15-13(9-16-6-5-12(17)8-16)10-3-2-4-11(14)7-10/h2-4,7,12-13,15,17H,5-6,8-9H2,1H3/t12-,13-/m0/s1. The van der Waals surface area contributed by atoms with Crippen molar-refractivity contribution < 1.29 is 5.11 Å². The molecule has 1 saturated heterocycles. The lowest BCUT2D eigenvalue weighted by atomic mass is 10.1. The van der Waals surface area contributed by atoms with Crippen LogP contribution in [0.5, 0.6) is 0 Å². The summed E-state index contributed by atoms with van der Waals surface area (Å²) in [5.41, 5.74) is 1.28. The molecule has 0 spiro atoms. The van der Waals surface area contributed by atoms with Crippen LogP contribution in [0.2, 0.25) is 0 Å². The molecule has 1 aliphatic rings. The number of likely N-dealkylation sites (N-methyl/N-ethyl adjacent to an activating group) is 1. The molecule has 0 aromatic heterocycles. The molecule has 1 fully saturated rings. The van der Waals surface area contributed by atoms with Crippen LogP contribution >= 0.6 is 15.9 Å². The number of halogens is 1. The Morgan fingerprint density at radius 3 is 3.00 bits per heavy atom. The smallest absolute Gasteiger partial charge is 0.0679 e. The van der Waals surface area contributed by atoms with Crippen molar-refractivity contribution in [3.05, 3.63) is 34.3 Å². The van der Waals surface area contributed by atoms with E-state index in [2.05, 4.69) is 44.3 Å². The Balaban J connectivity index is 2.01. The van der Waals surface area contributed by atoms with E-state index in [1.54, 1.807) is 0 Å². The minimum absolute atomic E-state index is 0.144. The molecule has 0 saturated carbocycles. The van der Waals surface area contributed by atoms with Gasteiger partial charge in [-0.3, -0.25) is 4.90 Å². The highest BCUT2D eigenvalue weighted by molar-refractivity contribution is 9.10. The van der Waals surface area contributed by atoms with E-state index in [4.69, 9.17) is 0 Å². The summed E-state index contributed by atoms with van der Waals surface area (Å²) in [6.07, 6.45) is 0.754. The summed E-state index contributed by atoms with van der Waals surface area (Å²) in [5, 5.41) is 12.9. The molecular formula is C13H19BrN2O. The third-order valence-electron chi connectivity index (χ3n) is 3.29. The second-order valence-electron chi connectivity index (χ2n) is 4.60. The quantitative estimate of drug-likeness (QED) is 0.889. The van der Waals surface area contributed by atoms with Crippen LogP contribution in [0.1, 0.15) is 18.0 Å². The maximum Gasteiger partial charge on any atom is 0.0679 e. The molecule has 4 heteroatoms. The van der Waals surface area contributed by atoms with Crippen molar-refractivity contribution in [3.63, 3.8) is 0 Å². The third kappa shape index (κ3) is 3.52. The van der Waals surface area contributed by atoms with Gasteiger partial charge in [0.15, 0.2) is 0 Å². The van der Waals surface area contributed by atoms with Gasteiger partial charge in [0, 0.05) is 30.1 Å². The fraction of sp³-hybridized carbons (Fsp3) is 0.538. The van der Waals surface area contributed by atoms with Gasteiger partial charge in [-0.15, -0.1) is 0 Å². The van der Waals surface area contributed by atoms with Gasteiger partial charge in [0.25, 0.3) is 0 Å². The summed E-state index contributed by atoms with van der Waals surface area (Å²) in [6.45, 7) is 2.74. The zero-order valence-corrected chi connectivity index (χ0v) is 11.7. The fourth-order valence-electron chi connectivity index (χ4n) is 2.32. The molecule has 1 aromatic rings. The minimum Gasteiger partial charge on any atom is -0.392 e. The highest BCUT2D eigenvalue weighted by Crippen LogP contribution is 2.20. The van der Waals surface area contributed by atoms with Gasteiger partial charge >= 0.3 is 0 Å². The van der Waals surface area contributed by atoms with Crippen LogP contribution in [0.3, 0.4) is 0 Å². The van der Waals surface area contributed by atoms with Crippen molar-refractivity contribution in [2.75, 3.05) is 26.7 Å². The number of β-amino-alcohol motifs (C(OH)–C–C–N with tert-alkyl or cyclic N) is 1. The Hall–Kier alpha value is -0.420. The highest BCUT2D eigenvalue weighted by Gasteiger charge is 2.23. The van der Waals surface area contributed by atoms with Gasteiger partial charge in [0.1, 0.15) is 0 Å². The van der Waals surface area contributed by atoms with Crippen molar-refractivity contribution >= 4 is 15.9 Å². The zero-order chi connectivity index (χ0) is 12.3. The van der Waals surface area contributed by atoms with E-state index in [1.807, 2.05) is 13.1 Å². The van der Waals surface area contributed by atoms with E-state index in [1.165, 1.54) is 5.56 Å². The predicted octanol–water partition coefficient (Wildman–Crippen LogP) is 1.78. The van der Waals surface area contributed by atoms with E-state index < -0.39 is 0 Å². The molecule has 1 aromatic carbocycles. The number of aliphatic hydroxyl groups is 1. The summed E-state index contributed by atoms with van der Waals surface area (Å²) >= 11 is 3.50. The third-order valence-corrected chi connectivity index (χ3v) is 3.78. The Morgan fingerprint density at radius 2 is 2.41 bits per heavy atom. The summed E-state index contributed by atoms with van der Waals surface area (Å²) in [7, 11) is 1.98. The van der Waals surface area contributed by atoms with Crippen molar-refractivity contribution in [1.29, 1.82) is 0 Å². The van der Waals surface area contributed by atoms with E-state index in [-0.39, 0.29) is 6.10 Å². The normalized spacial score (nSPS) is 22.9. The lowest BCUT2D eigenvalue weighted by molar-refractivity contribution is 0.173. The Kier molecular flexibility index (Phi) is 4.56. The summed E-state index contributed by atoms with van der Waals surface area (Å²) in [6, 6.07) is 8.70. The van der Waals surface area contributed by atoms with E-state index in [0.29, 0.717) is 6.04 Å². The lowest BCUT2D eigenvalue weighted by Crippen LogP contribution is -2.33. The van der Waals surface area contributed by atoms with Crippen LogP contribution in [0.25, 0.3) is 0 Å². The maximum atomic E-state index is 9.53. The Labute approximate surface area is 111 Å². The maximum absolute atomic E-state index is 9.53. The molecule has 0 unspecified atom stereocenters. The minimum atomic E-state index is -0.144. The van der Waals surface area contributed by atoms with Crippen LogP contribution in [-0.2, 0) is 0 Å². The first kappa shape index (κ1) is 13.0. The molecule has 2 rings (SSSR count). The number of aliphatic hydroxyl groups excluding tert-OH is 1. The molecule has 2 N–H and O–H groups in total. The second-order valence-corrected chi connectivity index (χ2v) is 5.51. The van der Waals surface area contributed by atoms with Gasteiger partial charge < -0.3 is 10.4 Å². The average Bonchev–Trinajstić information content (AvgIpc) is 2.72. The van der Waals surface area contributed by atoms with Gasteiger partial charge in [-0.25, -0.2) is 0 Å².